The molecule has 3 atom stereocenters. The lowest BCUT2D eigenvalue weighted by molar-refractivity contribution is 0.177. The SMILES string of the molecule is CC(C#N)NCC1CCC(O)C1. The number of aliphatic hydroxyl groups is 1. The van der Waals surface area contributed by atoms with Crippen molar-refractivity contribution in [2.45, 2.75) is 38.3 Å². The molecular weight excluding hydrogens is 152 g/mol. The van der Waals surface area contributed by atoms with Gasteiger partial charge in [0.05, 0.1) is 18.2 Å². The first-order valence-corrected chi connectivity index (χ1v) is 4.53. The summed E-state index contributed by atoms with van der Waals surface area (Å²) in [5, 5.41) is 20.9. The highest BCUT2D eigenvalue weighted by molar-refractivity contribution is 4.87. The fourth-order valence-corrected chi connectivity index (χ4v) is 1.62. The topological polar surface area (TPSA) is 56.0 Å². The molecule has 1 fully saturated rings. The average Bonchev–Trinajstić information content (AvgIpc) is 2.47. The van der Waals surface area contributed by atoms with E-state index in [0.29, 0.717) is 5.92 Å². The van der Waals surface area contributed by atoms with Crippen LogP contribution in [0.1, 0.15) is 26.2 Å². The molecule has 0 saturated heterocycles. The summed E-state index contributed by atoms with van der Waals surface area (Å²) in [6.07, 6.45) is 2.80. The van der Waals surface area contributed by atoms with Crippen molar-refractivity contribution in [2.75, 3.05) is 6.54 Å². The van der Waals surface area contributed by atoms with Gasteiger partial charge in [-0.2, -0.15) is 5.26 Å². The van der Waals surface area contributed by atoms with E-state index in [2.05, 4.69) is 11.4 Å². The van der Waals surface area contributed by atoms with E-state index in [4.69, 9.17) is 5.26 Å². The van der Waals surface area contributed by atoms with Gasteiger partial charge in [-0.05, 0) is 38.6 Å². The number of rotatable bonds is 3. The van der Waals surface area contributed by atoms with E-state index in [1.165, 1.54) is 0 Å². The minimum Gasteiger partial charge on any atom is -0.393 e. The highest BCUT2D eigenvalue weighted by Gasteiger charge is 2.22. The first-order chi connectivity index (χ1) is 5.72. The number of nitriles is 1. The molecule has 0 aromatic carbocycles. The standard InChI is InChI=1S/C9H16N2O/c1-7(5-10)11-6-8-2-3-9(12)4-8/h7-9,11-12H,2-4,6H2,1H3. The van der Waals surface area contributed by atoms with Crippen molar-refractivity contribution in [3.63, 3.8) is 0 Å². The van der Waals surface area contributed by atoms with Crippen LogP contribution in [-0.4, -0.2) is 23.8 Å². The molecule has 3 nitrogen and oxygen atoms in total. The molecular formula is C9H16N2O. The maximum absolute atomic E-state index is 9.23. The van der Waals surface area contributed by atoms with E-state index in [0.717, 1.165) is 25.8 Å². The lowest BCUT2D eigenvalue weighted by atomic mass is 10.1. The molecule has 0 aromatic heterocycles. The van der Waals surface area contributed by atoms with Crippen molar-refractivity contribution >= 4 is 0 Å². The maximum Gasteiger partial charge on any atom is 0.0924 e. The molecule has 3 unspecified atom stereocenters. The maximum atomic E-state index is 9.23. The van der Waals surface area contributed by atoms with Crippen LogP contribution in [-0.2, 0) is 0 Å². The zero-order chi connectivity index (χ0) is 8.97. The predicted octanol–water partition coefficient (Wildman–Crippen LogP) is 0.649. The summed E-state index contributed by atoms with van der Waals surface area (Å²) < 4.78 is 0. The average molecular weight is 168 g/mol. The summed E-state index contributed by atoms with van der Waals surface area (Å²) in [6.45, 7) is 2.72. The highest BCUT2D eigenvalue weighted by atomic mass is 16.3. The van der Waals surface area contributed by atoms with E-state index in [1.54, 1.807) is 0 Å². The molecule has 0 spiro atoms. The first-order valence-electron chi connectivity index (χ1n) is 4.53. The van der Waals surface area contributed by atoms with Gasteiger partial charge < -0.3 is 10.4 Å². The number of nitrogens with one attached hydrogen (secondary N) is 1. The summed E-state index contributed by atoms with van der Waals surface area (Å²) >= 11 is 0. The molecule has 12 heavy (non-hydrogen) atoms. The zero-order valence-electron chi connectivity index (χ0n) is 7.45. The monoisotopic (exact) mass is 168 g/mol. The molecule has 1 saturated carbocycles. The quantitative estimate of drug-likeness (QED) is 0.650. The van der Waals surface area contributed by atoms with Crippen LogP contribution in [0.4, 0.5) is 0 Å². The third-order valence-electron chi connectivity index (χ3n) is 2.42. The van der Waals surface area contributed by atoms with Gasteiger partial charge in [0.2, 0.25) is 0 Å². The Morgan fingerprint density at radius 2 is 2.42 bits per heavy atom. The van der Waals surface area contributed by atoms with Gasteiger partial charge >= 0.3 is 0 Å². The summed E-state index contributed by atoms with van der Waals surface area (Å²) in [7, 11) is 0. The molecule has 2 N–H and O–H groups in total. The smallest absolute Gasteiger partial charge is 0.0924 e. The van der Waals surface area contributed by atoms with E-state index >= 15 is 0 Å². The Morgan fingerprint density at radius 1 is 1.67 bits per heavy atom. The number of aliphatic hydroxyl groups excluding tert-OH is 1. The number of hydrogen-bond acceptors (Lipinski definition) is 3. The van der Waals surface area contributed by atoms with Crippen LogP contribution in [0.3, 0.4) is 0 Å². The largest absolute Gasteiger partial charge is 0.393 e. The van der Waals surface area contributed by atoms with E-state index < -0.39 is 0 Å². The first kappa shape index (κ1) is 9.50. The molecule has 68 valence electrons. The molecule has 1 aliphatic carbocycles. The third kappa shape index (κ3) is 2.80. The Balaban J connectivity index is 2.12. The molecule has 3 heteroatoms. The third-order valence-corrected chi connectivity index (χ3v) is 2.42. The molecule has 0 bridgehead atoms. The van der Waals surface area contributed by atoms with Crippen LogP contribution in [0.25, 0.3) is 0 Å². The normalized spacial score (nSPS) is 31.4. The van der Waals surface area contributed by atoms with Gasteiger partial charge in [-0.15, -0.1) is 0 Å². The molecule has 0 heterocycles. The van der Waals surface area contributed by atoms with Crippen molar-refractivity contribution < 1.29 is 5.11 Å². The van der Waals surface area contributed by atoms with Gasteiger partial charge in [0.1, 0.15) is 0 Å². The van der Waals surface area contributed by atoms with Gasteiger partial charge in [0.15, 0.2) is 0 Å². The summed E-state index contributed by atoms with van der Waals surface area (Å²) in [6, 6.07) is 2.06. The fourth-order valence-electron chi connectivity index (χ4n) is 1.62. The summed E-state index contributed by atoms with van der Waals surface area (Å²) in [5.74, 6) is 0.566. The van der Waals surface area contributed by atoms with Crippen molar-refractivity contribution in [1.29, 1.82) is 5.26 Å². The Bertz CT molecular complexity index is 176. The van der Waals surface area contributed by atoms with Gasteiger partial charge in [-0.25, -0.2) is 0 Å². The predicted molar refractivity (Wildman–Crippen MR) is 46.4 cm³/mol. The van der Waals surface area contributed by atoms with Crippen molar-refractivity contribution in [2.24, 2.45) is 5.92 Å². The number of hydrogen-bond donors (Lipinski definition) is 2. The Morgan fingerprint density at radius 3 is 2.92 bits per heavy atom. The summed E-state index contributed by atoms with van der Waals surface area (Å²) in [5.41, 5.74) is 0. The Kier molecular flexibility index (Phi) is 3.51. The van der Waals surface area contributed by atoms with Crippen LogP contribution in [0.2, 0.25) is 0 Å². The van der Waals surface area contributed by atoms with Crippen LogP contribution < -0.4 is 5.32 Å². The van der Waals surface area contributed by atoms with Crippen LogP contribution in [0, 0.1) is 17.2 Å². The van der Waals surface area contributed by atoms with Gasteiger partial charge in [0, 0.05) is 0 Å². The van der Waals surface area contributed by atoms with E-state index in [1.807, 2.05) is 6.92 Å². The van der Waals surface area contributed by atoms with Crippen molar-refractivity contribution in [3.05, 3.63) is 0 Å². The highest BCUT2D eigenvalue weighted by Crippen LogP contribution is 2.24. The summed E-state index contributed by atoms with van der Waals surface area (Å²) in [4.78, 5) is 0. The zero-order valence-corrected chi connectivity index (χ0v) is 7.45. The second kappa shape index (κ2) is 4.44. The Labute approximate surface area is 73.4 Å². The van der Waals surface area contributed by atoms with Gasteiger partial charge in [-0.1, -0.05) is 0 Å². The minimum absolute atomic E-state index is 0.0669. The van der Waals surface area contributed by atoms with Crippen molar-refractivity contribution in [3.8, 4) is 6.07 Å². The molecule has 0 aromatic rings. The number of nitrogens with zero attached hydrogens (tertiary/aromatic N) is 1. The second-order valence-corrected chi connectivity index (χ2v) is 3.59. The second-order valence-electron chi connectivity index (χ2n) is 3.59. The van der Waals surface area contributed by atoms with Crippen molar-refractivity contribution in [1.82, 2.24) is 5.32 Å². The molecule has 0 aliphatic heterocycles. The van der Waals surface area contributed by atoms with Crippen LogP contribution in [0.5, 0.6) is 0 Å². The minimum atomic E-state index is -0.103. The lowest BCUT2D eigenvalue weighted by Crippen LogP contribution is -2.29. The molecule has 1 rings (SSSR count). The molecule has 1 aliphatic rings. The van der Waals surface area contributed by atoms with Crippen LogP contribution >= 0.6 is 0 Å². The van der Waals surface area contributed by atoms with Gasteiger partial charge in [0.25, 0.3) is 0 Å². The van der Waals surface area contributed by atoms with Gasteiger partial charge in [-0.3, -0.25) is 0 Å². The van der Waals surface area contributed by atoms with E-state index in [-0.39, 0.29) is 12.1 Å². The molecule has 0 amide bonds. The lowest BCUT2D eigenvalue weighted by Gasteiger charge is -2.11. The Hall–Kier alpha value is -0.590. The van der Waals surface area contributed by atoms with E-state index in [9.17, 15) is 5.11 Å². The molecule has 0 radical (unpaired) electrons. The van der Waals surface area contributed by atoms with Crippen LogP contribution in [0.15, 0.2) is 0 Å². The fraction of sp³-hybridized carbons (Fsp3) is 0.889.